The third-order valence-corrected chi connectivity index (χ3v) is 5.58. The summed E-state index contributed by atoms with van der Waals surface area (Å²) in [6, 6.07) is 11.8. The topological polar surface area (TPSA) is 67.0 Å². The van der Waals surface area contributed by atoms with Crippen LogP contribution in [0, 0.1) is 31.1 Å². The maximum Gasteiger partial charge on any atom is 0.262 e. The molecule has 5 nitrogen and oxygen atoms in total. The summed E-state index contributed by atoms with van der Waals surface area (Å²) in [6.07, 6.45) is 4.92. The van der Waals surface area contributed by atoms with Crippen molar-refractivity contribution in [2.45, 2.75) is 52.6 Å². The Kier molecular flexibility index (Phi) is 6.43. The maximum atomic E-state index is 12.9. The van der Waals surface area contributed by atoms with Gasteiger partial charge in [0.15, 0.2) is 0 Å². The normalized spacial score (nSPS) is 14.9. The molecule has 1 aliphatic carbocycles. The van der Waals surface area contributed by atoms with Crippen molar-refractivity contribution in [2.75, 3.05) is 7.11 Å². The summed E-state index contributed by atoms with van der Waals surface area (Å²) in [7, 11) is 1.64. The Bertz CT molecular complexity index is 944. The minimum Gasteiger partial charge on any atom is -0.497 e. The molecular weight excluding hydrogens is 362 g/mol. The second kappa shape index (κ2) is 9.00. The molecule has 1 saturated carbocycles. The van der Waals surface area contributed by atoms with Gasteiger partial charge in [-0.05, 0) is 74.4 Å². The molecule has 2 aromatic rings. The largest absolute Gasteiger partial charge is 0.497 e. The van der Waals surface area contributed by atoms with Crippen LogP contribution < -0.4 is 10.1 Å². The van der Waals surface area contributed by atoms with E-state index in [2.05, 4.69) is 29.8 Å². The summed E-state index contributed by atoms with van der Waals surface area (Å²) in [5.74, 6) is 0.886. The van der Waals surface area contributed by atoms with E-state index in [1.165, 1.54) is 0 Å². The lowest BCUT2D eigenvalue weighted by molar-refractivity contribution is -0.117. The van der Waals surface area contributed by atoms with Crippen molar-refractivity contribution in [1.82, 2.24) is 9.88 Å². The molecule has 1 aromatic heterocycles. The third kappa shape index (κ3) is 4.71. The Labute approximate surface area is 173 Å². The zero-order chi connectivity index (χ0) is 21.0. The number of amides is 1. The van der Waals surface area contributed by atoms with Crippen LogP contribution in [-0.4, -0.2) is 17.6 Å². The Morgan fingerprint density at radius 2 is 2.03 bits per heavy atom. The number of methoxy groups -OCH3 is 1. The number of benzene rings is 1. The van der Waals surface area contributed by atoms with Gasteiger partial charge in [-0.25, -0.2) is 0 Å². The molecule has 0 bridgehead atoms. The van der Waals surface area contributed by atoms with Crippen LogP contribution in [0.25, 0.3) is 6.08 Å². The van der Waals surface area contributed by atoms with E-state index in [4.69, 9.17) is 4.74 Å². The van der Waals surface area contributed by atoms with Gasteiger partial charge in [0.05, 0.1) is 13.2 Å². The molecule has 0 spiro atoms. The van der Waals surface area contributed by atoms with Crippen LogP contribution in [0.3, 0.4) is 0 Å². The van der Waals surface area contributed by atoms with Gasteiger partial charge >= 0.3 is 0 Å². The second-order valence-electron chi connectivity index (χ2n) is 7.71. The van der Waals surface area contributed by atoms with E-state index in [-0.39, 0.29) is 17.5 Å². The van der Waals surface area contributed by atoms with E-state index >= 15 is 0 Å². The van der Waals surface area contributed by atoms with Crippen molar-refractivity contribution < 1.29 is 9.53 Å². The number of hydrogen-bond acceptors (Lipinski definition) is 3. The Hall–Kier alpha value is -3.00. The number of carbonyl (C=O) groups excluding carboxylic acids is 1. The van der Waals surface area contributed by atoms with Crippen LogP contribution in [-0.2, 0) is 11.3 Å². The van der Waals surface area contributed by atoms with Crippen LogP contribution in [0.15, 0.2) is 35.9 Å². The van der Waals surface area contributed by atoms with Gasteiger partial charge < -0.3 is 14.6 Å². The van der Waals surface area contributed by atoms with Crippen LogP contribution >= 0.6 is 0 Å². The smallest absolute Gasteiger partial charge is 0.262 e. The average molecular weight is 392 g/mol. The lowest BCUT2D eigenvalue weighted by Crippen LogP contribution is -2.30. The molecule has 0 radical (unpaired) electrons. The second-order valence-corrected chi connectivity index (χ2v) is 7.71. The molecule has 1 heterocycles. The maximum absolute atomic E-state index is 12.9. The van der Waals surface area contributed by atoms with E-state index in [0.717, 1.165) is 54.1 Å². The van der Waals surface area contributed by atoms with Crippen LogP contribution in [0.5, 0.6) is 5.75 Å². The van der Waals surface area contributed by atoms with Crippen LogP contribution in [0.4, 0.5) is 0 Å². The van der Waals surface area contributed by atoms with Gasteiger partial charge in [-0.3, -0.25) is 4.79 Å². The molecule has 1 fully saturated rings. The lowest BCUT2D eigenvalue weighted by atomic mass is 10.0. The molecule has 1 amide bonds. The molecule has 1 aromatic carbocycles. The van der Waals surface area contributed by atoms with Gasteiger partial charge in [-0.1, -0.05) is 19.1 Å². The summed E-state index contributed by atoms with van der Waals surface area (Å²) in [6.45, 7) is 7.16. The fraction of sp³-hybridized carbons (Fsp3) is 0.417. The first kappa shape index (κ1) is 20.7. The summed E-state index contributed by atoms with van der Waals surface area (Å²) < 4.78 is 7.45. The van der Waals surface area contributed by atoms with Crippen molar-refractivity contribution in [3.05, 3.63) is 58.4 Å². The molecular formula is C24H29N3O2. The number of nitriles is 1. The van der Waals surface area contributed by atoms with Crippen molar-refractivity contribution in [2.24, 2.45) is 5.92 Å². The summed E-state index contributed by atoms with van der Waals surface area (Å²) in [5.41, 5.74) is 4.33. The summed E-state index contributed by atoms with van der Waals surface area (Å²) in [5, 5.41) is 12.7. The van der Waals surface area contributed by atoms with Crippen LogP contribution in [0.2, 0.25) is 0 Å². The number of carbonyl (C=O) groups is 1. The van der Waals surface area contributed by atoms with Gasteiger partial charge in [0.2, 0.25) is 0 Å². The average Bonchev–Trinajstić information content (AvgIpc) is 3.53. The first-order valence-corrected chi connectivity index (χ1v) is 10.2. The van der Waals surface area contributed by atoms with E-state index in [1.54, 1.807) is 13.2 Å². The molecule has 0 saturated heterocycles. The quantitative estimate of drug-likeness (QED) is 0.524. The highest BCUT2D eigenvalue weighted by atomic mass is 16.5. The minimum atomic E-state index is -0.319. The standard InChI is InChI=1S/C24H29N3O2/c1-5-12-27-16(2)13-20(17(27)3)14-21(15-25)24(28)26-23(18-6-7-18)19-8-10-22(29-4)11-9-19/h8-11,13-14,18,23H,5-7,12H2,1-4H3,(H,26,28)/b21-14+. The Morgan fingerprint density at radius 3 is 2.59 bits per heavy atom. The van der Waals surface area contributed by atoms with E-state index in [1.807, 2.05) is 37.3 Å². The zero-order valence-corrected chi connectivity index (χ0v) is 17.7. The van der Waals surface area contributed by atoms with Crippen molar-refractivity contribution >= 4 is 12.0 Å². The SMILES string of the molecule is CCCn1c(C)cc(/C=C(\C#N)C(=O)NC(c2ccc(OC)cc2)C2CC2)c1C. The Morgan fingerprint density at radius 1 is 1.34 bits per heavy atom. The van der Waals surface area contributed by atoms with E-state index < -0.39 is 0 Å². The van der Waals surface area contributed by atoms with Crippen LogP contribution in [0.1, 0.15) is 54.7 Å². The van der Waals surface area contributed by atoms with Gasteiger partial charge in [-0.15, -0.1) is 0 Å². The molecule has 1 N–H and O–H groups in total. The van der Waals surface area contributed by atoms with Gasteiger partial charge in [0.25, 0.3) is 5.91 Å². The van der Waals surface area contributed by atoms with E-state index in [9.17, 15) is 10.1 Å². The number of aryl methyl sites for hydroxylation is 1. The highest BCUT2D eigenvalue weighted by Crippen LogP contribution is 2.41. The molecule has 152 valence electrons. The molecule has 1 unspecified atom stereocenters. The van der Waals surface area contributed by atoms with Gasteiger partial charge in [-0.2, -0.15) is 5.26 Å². The van der Waals surface area contributed by atoms with Crippen molar-refractivity contribution in [1.29, 1.82) is 5.26 Å². The van der Waals surface area contributed by atoms with E-state index in [0.29, 0.717) is 5.92 Å². The molecule has 1 aliphatic rings. The Balaban J connectivity index is 1.82. The number of aromatic nitrogens is 1. The lowest BCUT2D eigenvalue weighted by Gasteiger charge is -2.19. The number of nitrogens with one attached hydrogen (secondary N) is 1. The highest BCUT2D eigenvalue weighted by Gasteiger charge is 2.34. The molecule has 5 heteroatoms. The van der Waals surface area contributed by atoms with Gasteiger partial charge in [0.1, 0.15) is 17.4 Å². The first-order valence-electron chi connectivity index (χ1n) is 10.2. The molecule has 29 heavy (non-hydrogen) atoms. The first-order chi connectivity index (χ1) is 14.0. The predicted molar refractivity (Wildman–Crippen MR) is 114 cm³/mol. The van der Waals surface area contributed by atoms with Crippen molar-refractivity contribution in [3.63, 3.8) is 0 Å². The van der Waals surface area contributed by atoms with Crippen molar-refractivity contribution in [3.8, 4) is 11.8 Å². The monoisotopic (exact) mass is 391 g/mol. The highest BCUT2D eigenvalue weighted by molar-refractivity contribution is 6.02. The number of nitrogens with zero attached hydrogens (tertiary/aromatic N) is 2. The number of rotatable bonds is 8. The molecule has 3 rings (SSSR count). The fourth-order valence-electron chi connectivity index (χ4n) is 3.78. The third-order valence-electron chi connectivity index (χ3n) is 5.58. The summed E-state index contributed by atoms with van der Waals surface area (Å²) in [4.78, 5) is 12.9. The summed E-state index contributed by atoms with van der Waals surface area (Å²) >= 11 is 0. The minimum absolute atomic E-state index is 0.0855. The predicted octanol–water partition coefficient (Wildman–Crippen LogP) is 4.70. The number of ether oxygens (including phenoxy) is 1. The van der Waals surface area contributed by atoms with Gasteiger partial charge in [0, 0.05) is 17.9 Å². The molecule has 1 atom stereocenters. The number of hydrogen-bond donors (Lipinski definition) is 1. The zero-order valence-electron chi connectivity index (χ0n) is 17.7. The fourth-order valence-corrected chi connectivity index (χ4v) is 3.78. The molecule has 0 aliphatic heterocycles.